The van der Waals surface area contributed by atoms with Gasteiger partial charge in [0, 0.05) is 19.8 Å². The van der Waals surface area contributed by atoms with E-state index in [0.29, 0.717) is 19.8 Å². The molecule has 0 atom stereocenters. The minimum atomic E-state index is -4.67. The zero-order valence-corrected chi connectivity index (χ0v) is 14.5. The molecule has 0 saturated heterocycles. The number of aliphatic hydroxyl groups excluding tert-OH is 3. The highest BCUT2D eigenvalue weighted by molar-refractivity contribution is 7.79. The van der Waals surface area contributed by atoms with Crippen molar-refractivity contribution in [2.24, 2.45) is 0 Å². The number of rotatable bonds is 5. The fourth-order valence-electron chi connectivity index (χ4n) is 0.0680. The number of aliphatic hydroxyl groups is 3. The average molecular weight is 348 g/mol. The summed E-state index contributed by atoms with van der Waals surface area (Å²) in [6.07, 6.45) is 5.25. The monoisotopic (exact) mass is 348 g/mol. The lowest BCUT2D eigenvalue weighted by Gasteiger charge is -1.76. The van der Waals surface area contributed by atoms with Gasteiger partial charge < -0.3 is 20.1 Å². The number of hydrogen-bond acceptors (Lipinski definition) is 6. The van der Waals surface area contributed by atoms with E-state index in [4.69, 9.17) is 32.8 Å². The van der Waals surface area contributed by atoms with Gasteiger partial charge in [-0.3, -0.25) is 9.11 Å². The molecule has 0 spiro atoms. The van der Waals surface area contributed by atoms with Crippen molar-refractivity contribution in [3.63, 3.8) is 0 Å². The van der Waals surface area contributed by atoms with Gasteiger partial charge in [0.2, 0.25) is 0 Å². The molecule has 138 valence electrons. The van der Waals surface area contributed by atoms with Gasteiger partial charge in [0.05, 0.1) is 12.5 Å². The van der Waals surface area contributed by atoms with Crippen LogP contribution in [0, 0.1) is 0 Å². The summed E-state index contributed by atoms with van der Waals surface area (Å²) in [7, 11) is -4.67. The molecule has 0 rings (SSSR count). The Balaban J connectivity index is -0.0000000550. The summed E-state index contributed by atoms with van der Waals surface area (Å²) in [5, 5.41) is 23.6. The molecule has 0 bridgehead atoms. The third-order valence-corrected chi connectivity index (χ3v) is 0.863. The van der Waals surface area contributed by atoms with Crippen molar-refractivity contribution in [1.29, 1.82) is 0 Å². The van der Waals surface area contributed by atoms with Gasteiger partial charge in [-0.25, -0.2) is 0 Å². The molecule has 0 aliphatic heterocycles. The fraction of sp³-hybridized carbons (Fsp3) is 0.692. The van der Waals surface area contributed by atoms with E-state index < -0.39 is 10.4 Å². The second-order valence-corrected chi connectivity index (χ2v) is 3.98. The average Bonchev–Trinajstić information content (AvgIpc) is 2.47. The predicted octanol–water partition coefficient (Wildman–Crippen LogP) is 1.80. The van der Waals surface area contributed by atoms with Crippen molar-refractivity contribution >= 4 is 10.4 Å². The van der Waals surface area contributed by atoms with Crippen LogP contribution in [0.15, 0.2) is 25.7 Å². The summed E-state index contributed by atoms with van der Waals surface area (Å²) in [5.41, 5.74) is 0. The van der Waals surface area contributed by atoms with Crippen LogP contribution in [-0.2, 0) is 15.1 Å². The van der Waals surface area contributed by atoms with Gasteiger partial charge >= 0.3 is 10.4 Å². The Kier molecular flexibility index (Phi) is 55.0. The van der Waals surface area contributed by atoms with Crippen molar-refractivity contribution in [2.75, 3.05) is 19.8 Å². The highest BCUT2D eigenvalue weighted by atomic mass is 32.3. The molecule has 8 nitrogen and oxygen atoms in total. The van der Waals surface area contributed by atoms with Gasteiger partial charge in [-0.2, -0.15) is 8.42 Å². The van der Waals surface area contributed by atoms with E-state index in [1.165, 1.54) is 12.5 Å². The van der Waals surface area contributed by atoms with Crippen LogP contribution in [0.4, 0.5) is 0 Å². The topological polar surface area (TPSA) is 145 Å². The van der Waals surface area contributed by atoms with E-state index in [1.807, 2.05) is 20.8 Å². The van der Waals surface area contributed by atoms with Gasteiger partial charge in [-0.15, -0.1) is 0 Å². The Morgan fingerprint density at radius 1 is 0.818 bits per heavy atom. The van der Waals surface area contributed by atoms with E-state index in [0.717, 1.165) is 19.3 Å². The molecule has 0 aliphatic rings. The van der Waals surface area contributed by atoms with Crippen molar-refractivity contribution in [2.45, 2.75) is 40.0 Å². The molecule has 0 aromatic carbocycles. The molecule has 0 fully saturated rings. The maximum Gasteiger partial charge on any atom is 0.394 e. The lowest BCUT2D eigenvalue weighted by molar-refractivity contribution is 0.294. The second kappa shape index (κ2) is 36.9. The maximum absolute atomic E-state index is 8.74. The van der Waals surface area contributed by atoms with Crippen LogP contribution in [0.1, 0.15) is 40.0 Å². The van der Waals surface area contributed by atoms with Crippen molar-refractivity contribution in [1.82, 2.24) is 0 Å². The van der Waals surface area contributed by atoms with E-state index in [2.05, 4.69) is 17.9 Å². The predicted molar refractivity (Wildman–Crippen MR) is 87.8 cm³/mol. The summed E-state index contributed by atoms with van der Waals surface area (Å²) >= 11 is 0. The molecule has 0 aliphatic carbocycles. The van der Waals surface area contributed by atoms with Gasteiger partial charge in [-0.1, -0.05) is 33.9 Å². The summed E-state index contributed by atoms with van der Waals surface area (Å²) in [4.78, 5) is 0. The summed E-state index contributed by atoms with van der Waals surface area (Å²) in [6.45, 7) is 13.3. The van der Waals surface area contributed by atoms with Crippen LogP contribution in [0.3, 0.4) is 0 Å². The lowest BCUT2D eigenvalue weighted by atomic mass is 10.5. The highest BCUT2D eigenvalue weighted by Gasteiger charge is 1.84. The minimum Gasteiger partial charge on any atom is -0.474 e. The number of ether oxygens (including phenoxy) is 1. The van der Waals surface area contributed by atoms with Gasteiger partial charge in [0.1, 0.15) is 0 Å². The van der Waals surface area contributed by atoms with Crippen LogP contribution in [-0.4, -0.2) is 52.7 Å². The molecular weight excluding hydrogens is 316 g/mol. The van der Waals surface area contributed by atoms with Crippen LogP contribution in [0.25, 0.3) is 0 Å². The van der Waals surface area contributed by atoms with Crippen molar-refractivity contribution in [3.8, 4) is 0 Å². The standard InChI is InChI=1S/C4H6O.3C3H8O.H2O4S/c1-3-5-4-2;3*1-2-3-4;1-5(2,3)4/h3-4H,1-2H2;3*4H,2-3H2,1H3;(H2,1,2,3,4). The molecule has 9 heteroatoms. The van der Waals surface area contributed by atoms with Gasteiger partial charge in [0.15, 0.2) is 0 Å². The Labute approximate surface area is 134 Å². The maximum atomic E-state index is 8.74. The zero-order valence-electron chi connectivity index (χ0n) is 13.7. The Bertz CT molecular complexity index is 236. The van der Waals surface area contributed by atoms with E-state index >= 15 is 0 Å². The quantitative estimate of drug-likeness (QED) is 0.373. The van der Waals surface area contributed by atoms with Crippen LogP contribution in [0.2, 0.25) is 0 Å². The lowest BCUT2D eigenvalue weighted by Crippen LogP contribution is -1.89. The van der Waals surface area contributed by atoms with E-state index in [-0.39, 0.29) is 0 Å². The normalized spacial score (nSPS) is 8.00. The first-order valence-electron chi connectivity index (χ1n) is 6.56. The number of hydrogen-bond donors (Lipinski definition) is 5. The van der Waals surface area contributed by atoms with Gasteiger partial charge in [-0.05, 0) is 19.3 Å². The van der Waals surface area contributed by atoms with Crippen molar-refractivity contribution < 1.29 is 37.6 Å². The smallest absolute Gasteiger partial charge is 0.394 e. The molecule has 0 heterocycles. The molecule has 22 heavy (non-hydrogen) atoms. The molecule has 0 aromatic rings. The zero-order chi connectivity index (χ0) is 18.9. The SMILES string of the molecule is C=COC=C.CCCO.CCCO.CCCO.O=S(=O)(O)O. The molecule has 0 radical (unpaired) electrons. The minimum absolute atomic E-state index is 0.319. The summed E-state index contributed by atoms with van der Waals surface area (Å²) < 4.78 is 35.9. The first kappa shape index (κ1) is 32.8. The Morgan fingerprint density at radius 3 is 0.955 bits per heavy atom. The summed E-state index contributed by atoms with van der Waals surface area (Å²) in [5.74, 6) is 0. The third-order valence-electron chi connectivity index (χ3n) is 0.863. The van der Waals surface area contributed by atoms with Crippen LogP contribution in [0.5, 0.6) is 0 Å². The Hall–Kier alpha value is -0.970. The first-order chi connectivity index (χ1) is 10.2. The second-order valence-electron chi connectivity index (χ2n) is 3.09. The molecule has 0 unspecified atom stereocenters. The molecular formula is C13H32O8S. The molecule has 0 amide bonds. The van der Waals surface area contributed by atoms with Gasteiger partial charge in [0.25, 0.3) is 0 Å². The van der Waals surface area contributed by atoms with Crippen LogP contribution >= 0.6 is 0 Å². The molecule has 5 N–H and O–H groups in total. The highest BCUT2D eigenvalue weighted by Crippen LogP contribution is 1.66. The fourth-order valence-corrected chi connectivity index (χ4v) is 0.0680. The summed E-state index contributed by atoms with van der Waals surface area (Å²) in [6, 6.07) is 0. The van der Waals surface area contributed by atoms with E-state index in [1.54, 1.807) is 0 Å². The first-order valence-corrected chi connectivity index (χ1v) is 7.95. The molecule has 0 aromatic heterocycles. The van der Waals surface area contributed by atoms with Crippen LogP contribution < -0.4 is 0 Å². The van der Waals surface area contributed by atoms with E-state index in [9.17, 15) is 0 Å². The van der Waals surface area contributed by atoms with Crippen molar-refractivity contribution in [3.05, 3.63) is 25.7 Å². The third kappa shape index (κ3) is 381. The largest absolute Gasteiger partial charge is 0.474 e. The Morgan fingerprint density at radius 2 is 0.955 bits per heavy atom. The molecule has 0 saturated carbocycles.